The molecule has 0 atom stereocenters. The Morgan fingerprint density at radius 2 is 1.00 bits per heavy atom. The predicted molar refractivity (Wildman–Crippen MR) is 48.7 cm³/mol. The normalized spacial score (nSPS) is 20.3. The molecule has 0 aromatic carbocycles. The lowest BCUT2D eigenvalue weighted by molar-refractivity contribution is -0.0401. The lowest BCUT2D eigenvalue weighted by Crippen LogP contribution is -2.09. The highest BCUT2D eigenvalue weighted by Gasteiger charge is 2.14. The van der Waals surface area contributed by atoms with E-state index in [2.05, 4.69) is 0 Å². The van der Waals surface area contributed by atoms with Gasteiger partial charge in [0.2, 0.25) is 12.6 Å². The maximum absolute atomic E-state index is 5.15. The van der Waals surface area contributed by atoms with Crippen molar-refractivity contribution in [2.24, 2.45) is 0 Å². The molecule has 0 saturated carbocycles. The Labute approximate surface area is 83.1 Å². The monoisotopic (exact) mass is 198 g/mol. The van der Waals surface area contributed by atoms with E-state index < -0.39 is 0 Å². The van der Waals surface area contributed by atoms with E-state index in [1.54, 1.807) is 25.0 Å². The Kier molecular flexibility index (Phi) is 3.16. The van der Waals surface area contributed by atoms with Crippen LogP contribution in [0.3, 0.4) is 0 Å². The number of hydrogen-bond acceptors (Lipinski definition) is 4. The third-order valence-electron chi connectivity index (χ3n) is 2.16. The summed E-state index contributed by atoms with van der Waals surface area (Å²) in [5.41, 5.74) is 0. The average Bonchev–Trinajstić information content (AvgIpc) is 2.86. The Morgan fingerprint density at radius 3 is 1.36 bits per heavy atom. The van der Waals surface area contributed by atoms with E-state index in [0.29, 0.717) is 0 Å². The molecule has 4 nitrogen and oxygen atoms in total. The fourth-order valence-corrected chi connectivity index (χ4v) is 1.44. The van der Waals surface area contributed by atoms with E-state index in [4.69, 9.17) is 18.9 Å². The zero-order valence-electron chi connectivity index (χ0n) is 7.93. The molecular weight excluding hydrogens is 184 g/mol. The summed E-state index contributed by atoms with van der Waals surface area (Å²) >= 11 is 0. The van der Waals surface area contributed by atoms with Crippen LogP contribution in [0.5, 0.6) is 0 Å². The Balaban J connectivity index is 1.47. The van der Waals surface area contributed by atoms with Gasteiger partial charge in [-0.1, -0.05) is 0 Å². The second-order valence-corrected chi connectivity index (χ2v) is 3.23. The molecule has 0 N–H and O–H groups in total. The van der Waals surface area contributed by atoms with Crippen LogP contribution in [0.2, 0.25) is 0 Å². The van der Waals surface area contributed by atoms with Gasteiger partial charge in [0.05, 0.1) is 0 Å². The maximum Gasteiger partial charge on any atom is 0.239 e. The van der Waals surface area contributed by atoms with Crippen LogP contribution < -0.4 is 0 Å². The molecule has 2 heterocycles. The molecule has 0 radical (unpaired) electrons. The summed E-state index contributed by atoms with van der Waals surface area (Å²) in [5.74, 6) is 0. The van der Waals surface area contributed by atoms with Crippen molar-refractivity contribution in [2.45, 2.75) is 38.3 Å². The molecule has 78 valence electrons. The Hall–Kier alpha value is -1.32. The fraction of sp³-hybridized carbons (Fsp3) is 0.600. The van der Waals surface area contributed by atoms with Gasteiger partial charge >= 0.3 is 0 Å². The van der Waals surface area contributed by atoms with Crippen molar-refractivity contribution in [3.05, 3.63) is 25.0 Å². The molecule has 0 fully saturated rings. The van der Waals surface area contributed by atoms with Crippen LogP contribution >= 0.6 is 0 Å². The van der Waals surface area contributed by atoms with Crippen LogP contribution in [0.15, 0.2) is 25.0 Å². The number of rotatable bonds is 5. The average molecular weight is 198 g/mol. The summed E-state index contributed by atoms with van der Waals surface area (Å²) in [6, 6.07) is 0. The Morgan fingerprint density at radius 1 is 0.643 bits per heavy atom. The molecule has 0 amide bonds. The van der Waals surface area contributed by atoms with Gasteiger partial charge in [-0.15, -0.1) is 0 Å². The number of hydrogen-bond donors (Lipinski definition) is 0. The van der Waals surface area contributed by atoms with Crippen molar-refractivity contribution in [1.29, 1.82) is 0 Å². The predicted octanol–water partition coefficient (Wildman–Crippen LogP) is 2.24. The summed E-state index contributed by atoms with van der Waals surface area (Å²) in [6.45, 7) is 0. The first-order valence-corrected chi connectivity index (χ1v) is 4.87. The molecule has 2 aliphatic heterocycles. The van der Waals surface area contributed by atoms with E-state index in [-0.39, 0.29) is 12.6 Å². The van der Waals surface area contributed by atoms with E-state index >= 15 is 0 Å². The lowest BCUT2D eigenvalue weighted by atomic mass is 10.2. The van der Waals surface area contributed by atoms with Crippen LogP contribution in [-0.2, 0) is 18.9 Å². The molecule has 4 heteroatoms. The molecular formula is C10H14O4. The fourth-order valence-electron chi connectivity index (χ4n) is 1.44. The van der Waals surface area contributed by atoms with Gasteiger partial charge in [0.15, 0.2) is 0 Å². The van der Waals surface area contributed by atoms with Crippen molar-refractivity contribution in [3.8, 4) is 0 Å². The molecule has 0 saturated heterocycles. The largest absolute Gasteiger partial charge is 0.459 e. The van der Waals surface area contributed by atoms with E-state index in [9.17, 15) is 0 Å². The summed E-state index contributed by atoms with van der Waals surface area (Å²) in [5, 5.41) is 0. The molecule has 0 aliphatic carbocycles. The summed E-state index contributed by atoms with van der Waals surface area (Å²) in [7, 11) is 0. The number of unbranched alkanes of at least 4 members (excludes halogenated alkanes) is 1. The van der Waals surface area contributed by atoms with Crippen molar-refractivity contribution in [1.82, 2.24) is 0 Å². The van der Waals surface area contributed by atoms with Crippen LogP contribution in [0, 0.1) is 0 Å². The van der Waals surface area contributed by atoms with Crippen molar-refractivity contribution in [2.75, 3.05) is 0 Å². The van der Waals surface area contributed by atoms with Crippen LogP contribution in [0.25, 0.3) is 0 Å². The van der Waals surface area contributed by atoms with Gasteiger partial charge in [0, 0.05) is 12.8 Å². The van der Waals surface area contributed by atoms with Crippen LogP contribution in [0.1, 0.15) is 25.7 Å². The molecule has 0 aromatic rings. The third kappa shape index (κ3) is 2.58. The van der Waals surface area contributed by atoms with Crippen molar-refractivity contribution >= 4 is 0 Å². The maximum atomic E-state index is 5.15. The van der Waals surface area contributed by atoms with Gasteiger partial charge in [0.1, 0.15) is 25.0 Å². The lowest BCUT2D eigenvalue weighted by Gasteiger charge is -2.11. The molecule has 2 rings (SSSR count). The third-order valence-corrected chi connectivity index (χ3v) is 2.16. The topological polar surface area (TPSA) is 36.9 Å². The number of ether oxygens (including phenoxy) is 4. The summed E-state index contributed by atoms with van der Waals surface area (Å²) in [6.07, 6.45) is 10.1. The minimum atomic E-state index is -0.0847. The quantitative estimate of drug-likeness (QED) is 0.635. The summed E-state index contributed by atoms with van der Waals surface area (Å²) in [4.78, 5) is 0. The highest BCUT2D eigenvalue weighted by Crippen LogP contribution is 2.16. The first-order chi connectivity index (χ1) is 6.95. The highest BCUT2D eigenvalue weighted by molar-refractivity contribution is 4.72. The van der Waals surface area contributed by atoms with Crippen molar-refractivity contribution < 1.29 is 18.9 Å². The van der Waals surface area contributed by atoms with Gasteiger partial charge in [-0.3, -0.25) is 0 Å². The molecule has 14 heavy (non-hydrogen) atoms. The first-order valence-electron chi connectivity index (χ1n) is 4.87. The van der Waals surface area contributed by atoms with Crippen LogP contribution in [0.4, 0.5) is 0 Å². The molecule has 2 aliphatic rings. The highest BCUT2D eigenvalue weighted by atomic mass is 16.7. The second-order valence-electron chi connectivity index (χ2n) is 3.23. The SMILES string of the molecule is C1=COC(CCCCC2OC=CO2)O1. The zero-order valence-corrected chi connectivity index (χ0v) is 7.93. The molecule has 0 bridgehead atoms. The molecule has 0 aromatic heterocycles. The molecule has 0 unspecified atom stereocenters. The second kappa shape index (κ2) is 4.79. The Bertz CT molecular complexity index is 184. The van der Waals surface area contributed by atoms with Gasteiger partial charge in [-0.2, -0.15) is 0 Å². The van der Waals surface area contributed by atoms with E-state index in [1.165, 1.54) is 0 Å². The first kappa shape index (κ1) is 9.24. The standard InChI is InChI=1S/C10H14O4/c1(3-9-11-5-6-12-9)2-4-10-13-7-8-14-10/h5-10H,1-4H2. The van der Waals surface area contributed by atoms with Gasteiger partial charge in [0.25, 0.3) is 0 Å². The smallest absolute Gasteiger partial charge is 0.239 e. The van der Waals surface area contributed by atoms with Gasteiger partial charge < -0.3 is 18.9 Å². The zero-order chi connectivity index (χ0) is 9.64. The van der Waals surface area contributed by atoms with Crippen LogP contribution in [-0.4, -0.2) is 12.6 Å². The summed E-state index contributed by atoms with van der Waals surface area (Å²) < 4.78 is 20.6. The van der Waals surface area contributed by atoms with E-state index in [0.717, 1.165) is 25.7 Å². The van der Waals surface area contributed by atoms with Crippen molar-refractivity contribution in [3.63, 3.8) is 0 Å². The van der Waals surface area contributed by atoms with E-state index in [1.807, 2.05) is 0 Å². The van der Waals surface area contributed by atoms with Gasteiger partial charge in [-0.25, -0.2) is 0 Å². The minimum Gasteiger partial charge on any atom is -0.459 e. The van der Waals surface area contributed by atoms with Gasteiger partial charge in [-0.05, 0) is 12.8 Å². The minimum absolute atomic E-state index is 0.0847. The molecule has 0 spiro atoms.